The van der Waals surface area contributed by atoms with E-state index in [0.717, 1.165) is 19.6 Å². The van der Waals surface area contributed by atoms with E-state index in [1.165, 1.54) is 0 Å². The van der Waals surface area contributed by atoms with E-state index in [-0.39, 0.29) is 6.09 Å². The first-order valence-corrected chi connectivity index (χ1v) is 5.57. The summed E-state index contributed by atoms with van der Waals surface area (Å²) in [5.41, 5.74) is 5.28. The Kier molecular flexibility index (Phi) is 5.68. The van der Waals surface area contributed by atoms with Crippen LogP contribution in [-0.4, -0.2) is 61.8 Å². The Morgan fingerprint density at radius 3 is 2.56 bits per heavy atom. The average Bonchev–Trinajstić information content (AvgIpc) is 2.30. The fourth-order valence-corrected chi connectivity index (χ4v) is 1.54. The first-order chi connectivity index (χ1) is 7.77. The summed E-state index contributed by atoms with van der Waals surface area (Å²) in [5.74, 6) is 5.82. The third-order valence-corrected chi connectivity index (χ3v) is 2.43. The van der Waals surface area contributed by atoms with E-state index in [1.54, 1.807) is 4.90 Å². The molecule has 2 N–H and O–H groups in total. The molecular formula is C11H19N3O2. The van der Waals surface area contributed by atoms with Crippen molar-refractivity contribution in [3.63, 3.8) is 0 Å². The van der Waals surface area contributed by atoms with Crippen LogP contribution in [0.2, 0.25) is 0 Å². The van der Waals surface area contributed by atoms with Gasteiger partial charge in [0.25, 0.3) is 0 Å². The summed E-state index contributed by atoms with van der Waals surface area (Å²) in [6.45, 7) is 6.50. The number of nitrogens with two attached hydrogens (primary N) is 1. The van der Waals surface area contributed by atoms with Crippen LogP contribution < -0.4 is 5.73 Å². The molecule has 0 bridgehead atoms. The van der Waals surface area contributed by atoms with Crippen LogP contribution in [0, 0.1) is 11.8 Å². The summed E-state index contributed by atoms with van der Waals surface area (Å²) in [6, 6.07) is 0. The van der Waals surface area contributed by atoms with Gasteiger partial charge in [-0.15, -0.1) is 0 Å². The van der Waals surface area contributed by atoms with Crippen molar-refractivity contribution < 1.29 is 9.53 Å². The molecule has 0 aliphatic carbocycles. The first-order valence-electron chi connectivity index (χ1n) is 5.57. The van der Waals surface area contributed by atoms with Crippen LogP contribution in [0.25, 0.3) is 0 Å². The highest BCUT2D eigenvalue weighted by Gasteiger charge is 2.20. The molecule has 5 heteroatoms. The summed E-state index contributed by atoms with van der Waals surface area (Å²) in [5, 5.41) is 0. The summed E-state index contributed by atoms with van der Waals surface area (Å²) in [7, 11) is 0. The third-order valence-electron chi connectivity index (χ3n) is 2.43. The van der Waals surface area contributed by atoms with Crippen LogP contribution in [0.1, 0.15) is 6.92 Å². The number of nitrogens with zero attached hydrogens (tertiary/aromatic N) is 2. The minimum Gasteiger partial charge on any atom is -0.450 e. The Labute approximate surface area is 96.5 Å². The molecule has 0 radical (unpaired) electrons. The van der Waals surface area contributed by atoms with Gasteiger partial charge in [0.1, 0.15) is 0 Å². The highest BCUT2D eigenvalue weighted by Crippen LogP contribution is 2.02. The van der Waals surface area contributed by atoms with E-state index in [9.17, 15) is 4.79 Å². The van der Waals surface area contributed by atoms with Crippen molar-refractivity contribution >= 4 is 6.09 Å². The molecule has 0 aromatic heterocycles. The van der Waals surface area contributed by atoms with Crippen LogP contribution in [0.4, 0.5) is 4.79 Å². The lowest BCUT2D eigenvalue weighted by molar-refractivity contribution is 0.0829. The monoisotopic (exact) mass is 225 g/mol. The zero-order valence-corrected chi connectivity index (χ0v) is 9.74. The predicted octanol–water partition coefficient (Wildman–Crippen LogP) is -0.277. The molecule has 0 saturated carbocycles. The van der Waals surface area contributed by atoms with Gasteiger partial charge in [-0.1, -0.05) is 11.8 Å². The van der Waals surface area contributed by atoms with E-state index >= 15 is 0 Å². The Bertz CT molecular complexity index is 275. The fraction of sp³-hybridized carbons (Fsp3) is 0.727. The second-order valence-corrected chi connectivity index (χ2v) is 3.52. The second-order valence-electron chi connectivity index (χ2n) is 3.52. The van der Waals surface area contributed by atoms with Gasteiger partial charge in [-0.3, -0.25) is 4.90 Å². The van der Waals surface area contributed by atoms with Gasteiger partial charge in [0.2, 0.25) is 0 Å². The van der Waals surface area contributed by atoms with Crippen molar-refractivity contribution in [2.75, 3.05) is 45.9 Å². The zero-order valence-electron chi connectivity index (χ0n) is 9.74. The number of hydrogen-bond acceptors (Lipinski definition) is 4. The number of carbonyl (C=O) groups excluding carboxylic acids is 1. The first kappa shape index (κ1) is 12.8. The molecule has 1 aliphatic heterocycles. The molecule has 1 saturated heterocycles. The van der Waals surface area contributed by atoms with Gasteiger partial charge >= 0.3 is 6.09 Å². The van der Waals surface area contributed by atoms with Crippen LogP contribution in [-0.2, 0) is 4.74 Å². The molecule has 0 aromatic carbocycles. The lowest BCUT2D eigenvalue weighted by Gasteiger charge is -2.32. The molecule has 1 fully saturated rings. The number of piperazine rings is 1. The quantitative estimate of drug-likeness (QED) is 0.657. The van der Waals surface area contributed by atoms with E-state index < -0.39 is 0 Å². The lowest BCUT2D eigenvalue weighted by Crippen LogP contribution is -2.48. The smallest absolute Gasteiger partial charge is 0.409 e. The van der Waals surface area contributed by atoms with Gasteiger partial charge in [-0.25, -0.2) is 4.79 Å². The van der Waals surface area contributed by atoms with Crippen LogP contribution in [0.5, 0.6) is 0 Å². The number of rotatable bonds is 2. The van der Waals surface area contributed by atoms with E-state index in [1.807, 2.05) is 6.92 Å². The summed E-state index contributed by atoms with van der Waals surface area (Å²) in [6.07, 6.45) is -0.213. The van der Waals surface area contributed by atoms with Crippen molar-refractivity contribution in [3.05, 3.63) is 0 Å². The molecule has 1 rings (SSSR count). The van der Waals surface area contributed by atoms with Crippen molar-refractivity contribution in [1.82, 2.24) is 9.80 Å². The van der Waals surface area contributed by atoms with Gasteiger partial charge < -0.3 is 15.4 Å². The van der Waals surface area contributed by atoms with Crippen LogP contribution in [0.15, 0.2) is 0 Å². The second kappa shape index (κ2) is 7.09. The molecule has 1 aliphatic rings. The fourth-order valence-electron chi connectivity index (χ4n) is 1.54. The van der Waals surface area contributed by atoms with Crippen LogP contribution >= 0.6 is 0 Å². The predicted molar refractivity (Wildman–Crippen MR) is 61.9 cm³/mol. The summed E-state index contributed by atoms with van der Waals surface area (Å²) < 4.78 is 4.94. The Balaban J connectivity index is 2.25. The van der Waals surface area contributed by atoms with E-state index in [4.69, 9.17) is 10.5 Å². The normalized spacial score (nSPS) is 16.5. The molecule has 0 aromatic rings. The number of amides is 1. The van der Waals surface area contributed by atoms with Gasteiger partial charge in [0.05, 0.1) is 19.7 Å². The molecule has 0 atom stereocenters. The number of hydrogen-bond donors (Lipinski definition) is 1. The maximum atomic E-state index is 11.4. The molecule has 1 heterocycles. The highest BCUT2D eigenvalue weighted by atomic mass is 16.6. The maximum absolute atomic E-state index is 11.4. The topological polar surface area (TPSA) is 58.8 Å². The Hall–Kier alpha value is -1.25. The largest absolute Gasteiger partial charge is 0.450 e. The molecule has 0 spiro atoms. The van der Waals surface area contributed by atoms with Gasteiger partial charge in [-0.05, 0) is 6.92 Å². The number of ether oxygens (including phenoxy) is 1. The van der Waals surface area contributed by atoms with Crippen molar-refractivity contribution in [2.24, 2.45) is 5.73 Å². The lowest BCUT2D eigenvalue weighted by atomic mass is 10.3. The Morgan fingerprint density at radius 1 is 1.31 bits per heavy atom. The molecule has 90 valence electrons. The molecular weight excluding hydrogens is 206 g/mol. The van der Waals surface area contributed by atoms with Crippen LogP contribution in [0.3, 0.4) is 0 Å². The molecule has 1 amide bonds. The van der Waals surface area contributed by atoms with Crippen molar-refractivity contribution in [3.8, 4) is 11.8 Å². The SMILES string of the molecule is CCOC(=O)N1CCN(CC#CCN)CC1. The van der Waals surface area contributed by atoms with Crippen molar-refractivity contribution in [1.29, 1.82) is 0 Å². The third kappa shape index (κ3) is 4.09. The van der Waals surface area contributed by atoms with Crippen molar-refractivity contribution in [2.45, 2.75) is 6.92 Å². The summed E-state index contributed by atoms with van der Waals surface area (Å²) in [4.78, 5) is 15.3. The highest BCUT2D eigenvalue weighted by molar-refractivity contribution is 5.67. The minimum absolute atomic E-state index is 0.213. The van der Waals surface area contributed by atoms with E-state index in [0.29, 0.717) is 26.2 Å². The average molecular weight is 225 g/mol. The van der Waals surface area contributed by atoms with Gasteiger partial charge in [0, 0.05) is 26.2 Å². The zero-order chi connectivity index (χ0) is 11.8. The Morgan fingerprint density at radius 2 is 2.00 bits per heavy atom. The van der Waals surface area contributed by atoms with Gasteiger partial charge in [0.15, 0.2) is 0 Å². The van der Waals surface area contributed by atoms with Gasteiger partial charge in [-0.2, -0.15) is 0 Å². The number of carbonyl (C=O) groups is 1. The maximum Gasteiger partial charge on any atom is 0.409 e. The molecule has 16 heavy (non-hydrogen) atoms. The minimum atomic E-state index is -0.213. The molecule has 0 unspecified atom stereocenters. The standard InChI is InChI=1S/C11H19N3O2/c1-2-16-11(15)14-9-7-13(8-10-14)6-4-3-5-12/h2,5-10,12H2,1H3. The van der Waals surface area contributed by atoms with E-state index in [2.05, 4.69) is 16.7 Å². The molecule has 5 nitrogen and oxygen atoms in total. The summed E-state index contributed by atoms with van der Waals surface area (Å²) >= 11 is 0.